The molecule has 5 heteroatoms. The number of allylic oxidation sites excluding steroid dienone is 1. The van der Waals surface area contributed by atoms with Crippen molar-refractivity contribution in [2.75, 3.05) is 0 Å². The Bertz CT molecular complexity index is 781. The van der Waals surface area contributed by atoms with Crippen LogP contribution in [-0.4, -0.2) is 0 Å². The Morgan fingerprint density at radius 1 is 1.00 bits per heavy atom. The molecule has 0 atom stereocenters. The summed E-state index contributed by atoms with van der Waals surface area (Å²) in [5.41, 5.74) is 3.27. The Morgan fingerprint density at radius 3 is 2.13 bits per heavy atom. The molecule has 2 rings (SSSR count). The predicted molar refractivity (Wildman–Crippen MR) is 82.1 cm³/mol. The molecule has 0 bridgehead atoms. The molecule has 0 heterocycles. The van der Waals surface area contributed by atoms with E-state index in [2.05, 4.69) is 4.74 Å². The molecule has 2 aromatic carbocycles. The van der Waals surface area contributed by atoms with Crippen LogP contribution in [0.15, 0.2) is 60.6 Å². The smallest absolute Gasteiger partial charge is 0.344 e. The Morgan fingerprint density at radius 2 is 1.61 bits per heavy atom. The van der Waals surface area contributed by atoms with Gasteiger partial charge in [-0.2, -0.15) is 18.4 Å². The van der Waals surface area contributed by atoms with Crippen LogP contribution < -0.4 is 4.74 Å². The highest BCUT2D eigenvalue weighted by Gasteiger charge is 2.07. The molecule has 0 saturated heterocycles. The minimum absolute atomic E-state index is 0.00905. The summed E-state index contributed by atoms with van der Waals surface area (Å²) in [5.74, 6) is -0.00905. The fraction of sp³-hybridized carbons (Fsp3) is 0.0556. The fourth-order valence-electron chi connectivity index (χ4n) is 1.92. The first-order chi connectivity index (χ1) is 11.0. The summed E-state index contributed by atoms with van der Waals surface area (Å²) in [5, 5.41) is 8.76. The third-order valence-electron chi connectivity index (χ3n) is 3.09. The number of ether oxygens (including phenoxy) is 1. The maximum atomic E-state index is 12.7. The van der Waals surface area contributed by atoms with E-state index < -0.39 is 12.1 Å². The Labute approximate surface area is 131 Å². The van der Waals surface area contributed by atoms with Crippen molar-refractivity contribution in [1.29, 1.82) is 5.26 Å². The molecular weight excluding hydrogens is 303 g/mol. The normalized spacial score (nSPS) is 10.8. The molecule has 0 fully saturated rings. The van der Waals surface area contributed by atoms with Crippen molar-refractivity contribution in [3.8, 4) is 11.8 Å². The van der Waals surface area contributed by atoms with Crippen LogP contribution in [0.2, 0.25) is 0 Å². The third kappa shape index (κ3) is 4.48. The van der Waals surface area contributed by atoms with Gasteiger partial charge in [-0.25, -0.2) is 0 Å². The van der Waals surface area contributed by atoms with Crippen LogP contribution >= 0.6 is 0 Å². The molecule has 0 aliphatic heterocycles. The molecule has 0 saturated carbocycles. The lowest BCUT2D eigenvalue weighted by Crippen LogP contribution is -1.91. The first kappa shape index (κ1) is 16.4. The number of halogens is 3. The van der Waals surface area contributed by atoms with Gasteiger partial charge in [0, 0.05) is 0 Å². The van der Waals surface area contributed by atoms with Crippen molar-refractivity contribution in [3.63, 3.8) is 0 Å². The summed E-state index contributed by atoms with van der Waals surface area (Å²) in [7, 11) is 0. The minimum Gasteiger partial charge on any atom is -0.428 e. The third-order valence-corrected chi connectivity index (χ3v) is 3.09. The van der Waals surface area contributed by atoms with Crippen molar-refractivity contribution in [2.45, 2.75) is 6.92 Å². The number of hydrogen-bond acceptors (Lipinski definition) is 2. The van der Waals surface area contributed by atoms with Crippen LogP contribution in [-0.2, 0) is 0 Å². The van der Waals surface area contributed by atoms with Gasteiger partial charge in [0.25, 0.3) is 0 Å². The van der Waals surface area contributed by atoms with Crippen LogP contribution in [0.4, 0.5) is 13.2 Å². The highest BCUT2D eigenvalue weighted by atomic mass is 19.3. The van der Waals surface area contributed by atoms with Crippen LogP contribution in [0, 0.1) is 11.3 Å². The van der Waals surface area contributed by atoms with Crippen LogP contribution in [0.25, 0.3) is 11.6 Å². The summed E-state index contributed by atoms with van der Waals surface area (Å²) in [4.78, 5) is 0. The van der Waals surface area contributed by atoms with Gasteiger partial charge in [0.05, 0.1) is 11.6 Å². The summed E-state index contributed by atoms with van der Waals surface area (Å²) in [6.45, 7) is 1.88. The fourth-order valence-corrected chi connectivity index (χ4v) is 1.92. The van der Waals surface area contributed by atoms with Crippen molar-refractivity contribution in [2.24, 2.45) is 0 Å². The summed E-state index contributed by atoms with van der Waals surface area (Å²) in [6, 6.07) is 13.3. The van der Waals surface area contributed by atoms with E-state index in [0.717, 1.165) is 16.7 Å². The zero-order chi connectivity index (χ0) is 16.8. The van der Waals surface area contributed by atoms with Crippen molar-refractivity contribution >= 4 is 11.6 Å². The first-order valence-corrected chi connectivity index (χ1v) is 6.67. The number of benzene rings is 2. The van der Waals surface area contributed by atoms with E-state index in [1.54, 1.807) is 24.3 Å². The summed E-state index contributed by atoms with van der Waals surface area (Å²) in [6.07, 6.45) is -0.579. The monoisotopic (exact) mass is 315 g/mol. The van der Waals surface area contributed by atoms with Gasteiger partial charge in [-0.3, -0.25) is 0 Å². The maximum absolute atomic E-state index is 12.7. The zero-order valence-electron chi connectivity index (χ0n) is 12.2. The van der Waals surface area contributed by atoms with Crippen molar-refractivity contribution < 1.29 is 17.9 Å². The molecule has 2 aromatic rings. The van der Waals surface area contributed by atoms with E-state index in [4.69, 9.17) is 5.26 Å². The topological polar surface area (TPSA) is 33.0 Å². The highest BCUT2D eigenvalue weighted by molar-refractivity contribution is 5.80. The lowest BCUT2D eigenvalue weighted by molar-refractivity contribution is 0.241. The molecule has 0 aromatic heterocycles. The Kier molecular flexibility index (Phi) is 5.21. The van der Waals surface area contributed by atoms with Crippen LogP contribution in [0.3, 0.4) is 0 Å². The second-order valence-corrected chi connectivity index (χ2v) is 4.72. The number of rotatable bonds is 4. The van der Waals surface area contributed by atoms with Crippen molar-refractivity contribution in [1.82, 2.24) is 0 Å². The van der Waals surface area contributed by atoms with Gasteiger partial charge >= 0.3 is 12.1 Å². The average Bonchev–Trinajstić information content (AvgIpc) is 2.56. The van der Waals surface area contributed by atoms with E-state index in [1.165, 1.54) is 12.1 Å². The summed E-state index contributed by atoms with van der Waals surface area (Å²) < 4.78 is 41.0. The molecule has 0 aliphatic rings. The van der Waals surface area contributed by atoms with Gasteiger partial charge in [0.1, 0.15) is 5.75 Å². The van der Waals surface area contributed by atoms with E-state index >= 15 is 0 Å². The van der Waals surface area contributed by atoms with Crippen LogP contribution in [0.1, 0.15) is 23.6 Å². The molecule has 0 N–H and O–H groups in total. The van der Waals surface area contributed by atoms with Crippen molar-refractivity contribution in [3.05, 3.63) is 77.3 Å². The van der Waals surface area contributed by atoms with Gasteiger partial charge < -0.3 is 4.74 Å². The SMILES string of the molecule is C/C(=C\c1ccc(C#N)cc1)c1ccc(OC(F)=C(F)F)cc1. The lowest BCUT2D eigenvalue weighted by atomic mass is 10.0. The molecule has 0 spiro atoms. The molecule has 2 nitrogen and oxygen atoms in total. The molecular formula is C18H12F3NO. The second-order valence-electron chi connectivity index (χ2n) is 4.72. The van der Waals surface area contributed by atoms with Gasteiger partial charge in [-0.1, -0.05) is 30.3 Å². The first-order valence-electron chi connectivity index (χ1n) is 6.67. The van der Waals surface area contributed by atoms with Crippen LogP contribution in [0.5, 0.6) is 5.75 Å². The molecule has 0 radical (unpaired) electrons. The largest absolute Gasteiger partial charge is 0.428 e. The van der Waals surface area contributed by atoms with E-state index in [1.807, 2.05) is 31.2 Å². The maximum Gasteiger partial charge on any atom is 0.344 e. The average molecular weight is 315 g/mol. The molecule has 23 heavy (non-hydrogen) atoms. The second kappa shape index (κ2) is 7.32. The van der Waals surface area contributed by atoms with E-state index in [-0.39, 0.29) is 5.75 Å². The quantitative estimate of drug-likeness (QED) is 0.549. The zero-order valence-corrected chi connectivity index (χ0v) is 12.2. The lowest BCUT2D eigenvalue weighted by Gasteiger charge is -2.05. The van der Waals surface area contributed by atoms with Gasteiger partial charge in [0.2, 0.25) is 0 Å². The van der Waals surface area contributed by atoms with E-state index in [0.29, 0.717) is 5.56 Å². The highest BCUT2D eigenvalue weighted by Crippen LogP contribution is 2.23. The number of nitriles is 1. The van der Waals surface area contributed by atoms with Gasteiger partial charge in [0.15, 0.2) is 0 Å². The summed E-state index contributed by atoms with van der Waals surface area (Å²) >= 11 is 0. The predicted octanol–water partition coefficient (Wildman–Crippen LogP) is 5.53. The van der Waals surface area contributed by atoms with Gasteiger partial charge in [-0.15, -0.1) is 0 Å². The number of nitrogens with zero attached hydrogens (tertiary/aromatic N) is 1. The standard InChI is InChI=1S/C18H12F3NO/c1-12(10-13-2-4-14(11-22)5-3-13)15-6-8-16(9-7-15)23-18(21)17(19)20/h2-10H,1H3/b12-10+. The van der Waals surface area contributed by atoms with E-state index in [9.17, 15) is 13.2 Å². The Hall–Kier alpha value is -3.00. The molecule has 116 valence electrons. The molecule has 0 aliphatic carbocycles. The molecule has 0 unspecified atom stereocenters. The van der Waals surface area contributed by atoms with Gasteiger partial charge in [-0.05, 0) is 47.9 Å². The Balaban J connectivity index is 2.16. The minimum atomic E-state index is -2.49. The molecule has 0 amide bonds. The number of hydrogen-bond donors (Lipinski definition) is 0.